The number of esters is 1. The van der Waals surface area contributed by atoms with Gasteiger partial charge in [-0.3, -0.25) is 4.79 Å². The van der Waals surface area contributed by atoms with Crippen LogP contribution >= 0.6 is 0 Å². The van der Waals surface area contributed by atoms with E-state index in [0.29, 0.717) is 5.92 Å². The zero-order valence-electron chi connectivity index (χ0n) is 14.9. The number of methoxy groups -OCH3 is 1. The Morgan fingerprint density at radius 3 is 2.00 bits per heavy atom. The van der Waals surface area contributed by atoms with Gasteiger partial charge in [-0.25, -0.2) is 4.79 Å². The number of anilines is 2. The van der Waals surface area contributed by atoms with Gasteiger partial charge in [0.05, 0.1) is 13.0 Å². The van der Waals surface area contributed by atoms with Crippen molar-refractivity contribution in [3.63, 3.8) is 0 Å². The van der Waals surface area contributed by atoms with Crippen LogP contribution in [0.5, 0.6) is 0 Å². The summed E-state index contributed by atoms with van der Waals surface area (Å²) in [6.07, 6.45) is 3.72. The van der Waals surface area contributed by atoms with Gasteiger partial charge in [0.1, 0.15) is 0 Å². The first-order valence-electron chi connectivity index (χ1n) is 8.96. The van der Waals surface area contributed by atoms with Crippen LogP contribution in [0.1, 0.15) is 37.2 Å². The number of benzene rings is 2. The molecule has 0 atom stereocenters. The predicted molar refractivity (Wildman–Crippen MR) is 102 cm³/mol. The Morgan fingerprint density at radius 1 is 0.846 bits per heavy atom. The second kappa shape index (κ2) is 8.52. The number of amides is 2. The summed E-state index contributed by atoms with van der Waals surface area (Å²) in [6.45, 7) is 0. The molecule has 0 saturated heterocycles. The lowest BCUT2D eigenvalue weighted by Gasteiger charge is -2.27. The number of rotatable bonds is 4. The molecule has 0 aliphatic heterocycles. The highest BCUT2D eigenvalue weighted by molar-refractivity contribution is 5.99. The van der Waals surface area contributed by atoms with Crippen LogP contribution in [0.4, 0.5) is 16.2 Å². The molecule has 0 aromatic heterocycles. The van der Waals surface area contributed by atoms with Gasteiger partial charge in [0.2, 0.25) is 0 Å². The van der Waals surface area contributed by atoms with Crippen LogP contribution in [0.3, 0.4) is 0 Å². The van der Waals surface area contributed by atoms with Crippen LogP contribution < -0.4 is 10.6 Å². The zero-order valence-corrected chi connectivity index (χ0v) is 14.9. The molecule has 0 bridgehead atoms. The molecular weight excluding hydrogens is 328 g/mol. The summed E-state index contributed by atoms with van der Waals surface area (Å²) in [5.74, 6) is 0.411. The molecule has 2 amide bonds. The number of hydrogen-bond acceptors (Lipinski definition) is 3. The Bertz CT molecular complexity index is 736. The van der Waals surface area contributed by atoms with Crippen molar-refractivity contribution in [2.45, 2.75) is 31.6 Å². The second-order valence-corrected chi connectivity index (χ2v) is 6.64. The summed E-state index contributed by atoms with van der Waals surface area (Å²) in [7, 11) is 1.45. The Hall–Kier alpha value is -2.82. The second-order valence-electron chi connectivity index (χ2n) is 6.64. The minimum absolute atomic E-state index is 0.0406. The first kappa shape index (κ1) is 18.0. The van der Waals surface area contributed by atoms with Gasteiger partial charge in [-0.15, -0.1) is 0 Å². The fraction of sp³-hybridized carbons (Fsp3) is 0.333. The van der Waals surface area contributed by atoms with Crippen molar-refractivity contribution in [2.75, 3.05) is 17.7 Å². The lowest BCUT2D eigenvalue weighted by molar-refractivity contribution is -0.146. The number of carbonyl (C=O) groups is 2. The smallest absolute Gasteiger partial charge is 0.323 e. The monoisotopic (exact) mass is 352 g/mol. The van der Waals surface area contributed by atoms with Crippen molar-refractivity contribution >= 4 is 23.4 Å². The molecule has 5 heteroatoms. The van der Waals surface area contributed by atoms with E-state index in [1.54, 1.807) is 0 Å². The van der Waals surface area contributed by atoms with E-state index >= 15 is 0 Å². The number of para-hydroxylation sites is 1. The van der Waals surface area contributed by atoms with E-state index in [0.717, 1.165) is 37.1 Å². The van der Waals surface area contributed by atoms with Crippen molar-refractivity contribution in [2.24, 2.45) is 5.92 Å². The zero-order chi connectivity index (χ0) is 18.4. The maximum absolute atomic E-state index is 12.0. The standard InChI is InChI=1S/C21H24N2O3/c1-26-20(24)17-9-7-15(8-10-17)16-11-13-19(14-12-16)23-21(25)22-18-5-3-2-4-6-18/h2-6,11-15,17H,7-10H2,1H3,(H2,22,23,25)/t15-,17-. The van der Waals surface area contributed by atoms with Crippen LogP contribution in [0.15, 0.2) is 54.6 Å². The molecule has 1 aliphatic carbocycles. The van der Waals surface area contributed by atoms with E-state index in [1.165, 1.54) is 12.7 Å². The molecular formula is C21H24N2O3. The summed E-state index contributed by atoms with van der Waals surface area (Å²) < 4.78 is 4.84. The first-order chi connectivity index (χ1) is 12.7. The van der Waals surface area contributed by atoms with Gasteiger partial charge in [0, 0.05) is 11.4 Å². The van der Waals surface area contributed by atoms with Crippen LogP contribution in [0, 0.1) is 5.92 Å². The van der Waals surface area contributed by atoms with E-state index < -0.39 is 0 Å². The van der Waals surface area contributed by atoms with Crippen molar-refractivity contribution in [3.05, 3.63) is 60.2 Å². The normalized spacial score (nSPS) is 19.4. The largest absolute Gasteiger partial charge is 0.469 e. The molecule has 2 aromatic rings. The van der Waals surface area contributed by atoms with Gasteiger partial charge in [-0.05, 0) is 61.4 Å². The highest BCUT2D eigenvalue weighted by Gasteiger charge is 2.27. The molecule has 26 heavy (non-hydrogen) atoms. The fourth-order valence-electron chi connectivity index (χ4n) is 3.48. The van der Waals surface area contributed by atoms with Gasteiger partial charge >= 0.3 is 12.0 Å². The number of nitrogens with one attached hydrogen (secondary N) is 2. The average molecular weight is 352 g/mol. The highest BCUT2D eigenvalue weighted by atomic mass is 16.5. The molecule has 3 rings (SSSR count). The lowest BCUT2D eigenvalue weighted by Crippen LogP contribution is -2.22. The van der Waals surface area contributed by atoms with Gasteiger partial charge < -0.3 is 15.4 Å². The van der Waals surface area contributed by atoms with Gasteiger partial charge in [0.15, 0.2) is 0 Å². The van der Waals surface area contributed by atoms with Crippen molar-refractivity contribution in [1.82, 2.24) is 0 Å². The van der Waals surface area contributed by atoms with E-state index in [4.69, 9.17) is 4.74 Å². The fourth-order valence-corrected chi connectivity index (χ4v) is 3.48. The molecule has 1 saturated carbocycles. The van der Waals surface area contributed by atoms with Gasteiger partial charge in [-0.2, -0.15) is 0 Å². The van der Waals surface area contributed by atoms with E-state index in [9.17, 15) is 9.59 Å². The van der Waals surface area contributed by atoms with Crippen molar-refractivity contribution in [1.29, 1.82) is 0 Å². The first-order valence-corrected chi connectivity index (χ1v) is 8.96. The molecule has 2 aromatic carbocycles. The minimum atomic E-state index is -0.262. The van der Waals surface area contributed by atoms with Crippen LogP contribution in [0.2, 0.25) is 0 Å². The van der Waals surface area contributed by atoms with Crippen molar-refractivity contribution in [3.8, 4) is 0 Å². The molecule has 1 aliphatic rings. The van der Waals surface area contributed by atoms with Crippen LogP contribution in [-0.4, -0.2) is 19.1 Å². The average Bonchev–Trinajstić information content (AvgIpc) is 2.69. The molecule has 136 valence electrons. The lowest BCUT2D eigenvalue weighted by atomic mass is 9.79. The third-order valence-electron chi connectivity index (χ3n) is 4.93. The SMILES string of the molecule is COC(=O)[C@H]1CC[C@H](c2ccc(NC(=O)Nc3ccccc3)cc2)CC1. The Morgan fingerprint density at radius 2 is 1.42 bits per heavy atom. The van der Waals surface area contributed by atoms with Gasteiger partial charge in [-0.1, -0.05) is 30.3 Å². The predicted octanol–water partition coefficient (Wildman–Crippen LogP) is 4.78. The Kier molecular flexibility index (Phi) is 5.89. The van der Waals surface area contributed by atoms with E-state index in [2.05, 4.69) is 22.8 Å². The summed E-state index contributed by atoms with van der Waals surface area (Å²) in [5, 5.41) is 5.63. The van der Waals surface area contributed by atoms with Crippen LogP contribution in [0.25, 0.3) is 0 Å². The number of ether oxygens (including phenoxy) is 1. The third kappa shape index (κ3) is 4.63. The maximum Gasteiger partial charge on any atom is 0.323 e. The Balaban J connectivity index is 1.52. The highest BCUT2D eigenvalue weighted by Crippen LogP contribution is 2.36. The van der Waals surface area contributed by atoms with E-state index in [-0.39, 0.29) is 17.9 Å². The number of urea groups is 1. The maximum atomic E-state index is 12.0. The number of carbonyl (C=O) groups excluding carboxylic acids is 2. The molecule has 2 N–H and O–H groups in total. The molecule has 0 radical (unpaired) electrons. The van der Waals surface area contributed by atoms with Gasteiger partial charge in [0.25, 0.3) is 0 Å². The molecule has 1 fully saturated rings. The summed E-state index contributed by atoms with van der Waals surface area (Å²) in [4.78, 5) is 23.7. The van der Waals surface area contributed by atoms with Crippen LogP contribution in [-0.2, 0) is 9.53 Å². The molecule has 0 spiro atoms. The Labute approximate surface area is 153 Å². The molecule has 5 nitrogen and oxygen atoms in total. The minimum Gasteiger partial charge on any atom is -0.469 e. The van der Waals surface area contributed by atoms with Crippen molar-refractivity contribution < 1.29 is 14.3 Å². The molecule has 0 unspecified atom stereocenters. The topological polar surface area (TPSA) is 67.4 Å². The van der Waals surface area contributed by atoms with E-state index in [1.807, 2.05) is 42.5 Å². The summed E-state index contributed by atoms with van der Waals surface area (Å²) >= 11 is 0. The summed E-state index contributed by atoms with van der Waals surface area (Å²) in [6, 6.07) is 17.0. The third-order valence-corrected chi connectivity index (χ3v) is 4.93. The summed E-state index contributed by atoms with van der Waals surface area (Å²) in [5.41, 5.74) is 2.76. The molecule has 0 heterocycles. The quantitative estimate of drug-likeness (QED) is 0.778. The number of hydrogen-bond donors (Lipinski definition) is 2.